The number of hydrogen-bond donors (Lipinski definition) is 0. The number of benzene rings is 10. The van der Waals surface area contributed by atoms with Crippen molar-refractivity contribution in [3.05, 3.63) is 230 Å². The van der Waals surface area contributed by atoms with Gasteiger partial charge in [-0.15, -0.1) is 0 Å². The number of rotatable bonds is 5. The third-order valence-electron chi connectivity index (χ3n) is 13.8. The van der Waals surface area contributed by atoms with E-state index in [0.29, 0.717) is 0 Å². The van der Waals surface area contributed by atoms with Gasteiger partial charge in [0.2, 0.25) is 0 Å². The van der Waals surface area contributed by atoms with Crippen molar-refractivity contribution in [1.29, 1.82) is 0 Å². The topological polar surface area (TPSA) is 19.7 Å². The molecule has 0 aliphatic carbocycles. The van der Waals surface area contributed by atoms with Gasteiger partial charge in [-0.3, -0.25) is 0 Å². The zero-order valence-electron chi connectivity index (χ0n) is 35.9. The average molecular weight is 887 g/mol. The van der Waals surface area contributed by atoms with Crippen LogP contribution < -0.4 is 0 Å². The Kier molecular flexibility index (Phi) is 8.08. The van der Waals surface area contributed by atoms with Crippen LogP contribution in [-0.4, -0.2) is 18.3 Å². The lowest BCUT2D eigenvalue weighted by molar-refractivity contribution is 0.575. The van der Waals surface area contributed by atoms with Crippen LogP contribution in [0.2, 0.25) is 0 Å². The molecule has 0 N–H and O–H groups in total. The summed E-state index contributed by atoms with van der Waals surface area (Å²) in [7, 11) is 0. The number of para-hydroxylation sites is 6. The predicted octanol–water partition coefficient (Wildman–Crippen LogP) is 16.3. The molecule has 14 aromatic rings. The van der Waals surface area contributed by atoms with Crippen LogP contribution in [0.5, 0.6) is 0 Å². The van der Waals surface area contributed by atoms with Gasteiger partial charge in [-0.25, -0.2) is 17.6 Å². The standard InChI is InChI=1S/C60H34F4N4/c61-45-31-47(63)59(33-57(45)65-49-19-7-1-13-37(49)38-14-2-8-20-50(38)65)67-53-23-11-5-17-41(53)43-29-35(25-27-55(43)67)36-26-28-56-44(30-36)42-18-6-12-24-54(42)68(56)60-34-58(46(62)32-48(60)64)66-51-21-9-3-15-39(51)40-16-4-10-22-52(40)66/h1-34H. The molecule has 322 valence electrons. The summed E-state index contributed by atoms with van der Waals surface area (Å²) in [6, 6.07) is 64.7. The van der Waals surface area contributed by atoms with Crippen LogP contribution in [0.25, 0.3) is 121 Å². The molecule has 0 spiro atoms. The van der Waals surface area contributed by atoms with Gasteiger partial charge >= 0.3 is 0 Å². The molecule has 0 aliphatic rings. The Bertz CT molecular complexity index is 4060. The van der Waals surface area contributed by atoms with Crippen LogP contribution in [0, 0.1) is 23.3 Å². The zero-order valence-corrected chi connectivity index (χ0v) is 35.9. The second-order valence-corrected chi connectivity index (χ2v) is 17.4. The molecule has 10 aromatic carbocycles. The van der Waals surface area contributed by atoms with Crippen molar-refractivity contribution < 1.29 is 17.6 Å². The zero-order chi connectivity index (χ0) is 45.4. The number of aromatic nitrogens is 4. The van der Waals surface area contributed by atoms with Crippen molar-refractivity contribution >= 4 is 87.2 Å². The SMILES string of the molecule is Fc1cc(F)c(-n2c3ccccc3c3cc(-c4ccc5c(c4)c4ccccc4n5-c4cc(-n5c6ccccc6c6ccccc65)c(F)cc4F)ccc32)cc1-n1c2ccccc2c2ccccc21. The number of nitrogens with zero attached hydrogens (tertiary/aromatic N) is 4. The van der Waals surface area contributed by atoms with Crippen LogP contribution in [0.4, 0.5) is 17.6 Å². The minimum absolute atomic E-state index is 0.228. The number of halogens is 4. The summed E-state index contributed by atoms with van der Waals surface area (Å²) in [5, 5.41) is 7.54. The maximum absolute atomic E-state index is 16.4. The fourth-order valence-electron chi connectivity index (χ4n) is 10.9. The molecule has 0 aliphatic heterocycles. The summed E-state index contributed by atoms with van der Waals surface area (Å²) in [5.41, 5.74) is 9.16. The van der Waals surface area contributed by atoms with Gasteiger partial charge in [0.25, 0.3) is 0 Å². The summed E-state index contributed by atoms with van der Waals surface area (Å²) in [4.78, 5) is 0. The molecule has 0 unspecified atom stereocenters. The van der Waals surface area contributed by atoms with Crippen molar-refractivity contribution in [3.8, 4) is 33.9 Å². The molecule has 0 radical (unpaired) electrons. The van der Waals surface area contributed by atoms with Gasteiger partial charge in [0, 0.05) is 55.2 Å². The van der Waals surface area contributed by atoms with E-state index in [9.17, 15) is 0 Å². The van der Waals surface area contributed by atoms with E-state index in [0.717, 1.165) is 110 Å². The Morgan fingerprint density at radius 1 is 0.206 bits per heavy atom. The molecule has 0 saturated heterocycles. The molecule has 4 nitrogen and oxygen atoms in total. The fourth-order valence-corrected chi connectivity index (χ4v) is 10.9. The van der Waals surface area contributed by atoms with Crippen LogP contribution in [0.1, 0.15) is 0 Å². The lowest BCUT2D eigenvalue weighted by atomic mass is 10.0. The van der Waals surface area contributed by atoms with Crippen LogP contribution >= 0.6 is 0 Å². The van der Waals surface area contributed by atoms with Crippen LogP contribution in [0.15, 0.2) is 206 Å². The quantitative estimate of drug-likeness (QED) is 0.153. The van der Waals surface area contributed by atoms with E-state index in [4.69, 9.17) is 0 Å². The first-order chi connectivity index (χ1) is 33.4. The molecule has 0 atom stereocenters. The van der Waals surface area contributed by atoms with Crippen molar-refractivity contribution in [2.75, 3.05) is 0 Å². The van der Waals surface area contributed by atoms with E-state index >= 15 is 17.6 Å². The monoisotopic (exact) mass is 886 g/mol. The molecule has 68 heavy (non-hydrogen) atoms. The highest BCUT2D eigenvalue weighted by atomic mass is 19.1. The maximum Gasteiger partial charge on any atom is 0.150 e. The Labute approximate surface area is 385 Å². The first-order valence-corrected chi connectivity index (χ1v) is 22.4. The first kappa shape index (κ1) is 38.4. The second-order valence-electron chi connectivity index (χ2n) is 17.4. The summed E-state index contributed by atoms with van der Waals surface area (Å²) < 4.78 is 72.7. The normalized spacial score (nSPS) is 12.1. The first-order valence-electron chi connectivity index (χ1n) is 22.4. The Morgan fingerprint density at radius 2 is 0.426 bits per heavy atom. The van der Waals surface area contributed by atoms with Gasteiger partial charge in [-0.2, -0.15) is 0 Å². The van der Waals surface area contributed by atoms with E-state index in [1.54, 1.807) is 12.1 Å². The van der Waals surface area contributed by atoms with Gasteiger partial charge in [0.1, 0.15) is 23.3 Å². The number of hydrogen-bond acceptors (Lipinski definition) is 0. The molecule has 4 heterocycles. The van der Waals surface area contributed by atoms with Crippen LogP contribution in [0.3, 0.4) is 0 Å². The average Bonchev–Trinajstić information content (AvgIpc) is 4.09. The van der Waals surface area contributed by atoms with Crippen LogP contribution in [-0.2, 0) is 0 Å². The van der Waals surface area contributed by atoms with Gasteiger partial charge in [-0.05, 0) is 83.9 Å². The minimum Gasteiger partial charge on any atom is -0.306 e. The Morgan fingerprint density at radius 3 is 0.691 bits per heavy atom. The van der Waals surface area contributed by atoms with Crippen molar-refractivity contribution in [3.63, 3.8) is 0 Å². The predicted molar refractivity (Wildman–Crippen MR) is 269 cm³/mol. The van der Waals surface area contributed by atoms with E-state index in [1.165, 1.54) is 0 Å². The highest BCUT2D eigenvalue weighted by molar-refractivity contribution is 6.14. The maximum atomic E-state index is 16.4. The summed E-state index contributed by atoms with van der Waals surface area (Å²) >= 11 is 0. The van der Waals surface area contributed by atoms with Crippen molar-refractivity contribution in [1.82, 2.24) is 18.3 Å². The van der Waals surface area contributed by atoms with Gasteiger partial charge < -0.3 is 18.3 Å². The molecular weight excluding hydrogens is 853 g/mol. The molecular formula is C60H34F4N4. The van der Waals surface area contributed by atoms with E-state index < -0.39 is 23.3 Å². The second kappa shape index (κ2) is 14.3. The smallest absolute Gasteiger partial charge is 0.150 e. The molecule has 8 heteroatoms. The van der Waals surface area contributed by atoms with E-state index in [-0.39, 0.29) is 22.7 Å². The minimum atomic E-state index is -0.680. The van der Waals surface area contributed by atoms with Gasteiger partial charge in [-0.1, -0.05) is 121 Å². The molecule has 0 amide bonds. The van der Waals surface area contributed by atoms with Crippen molar-refractivity contribution in [2.24, 2.45) is 0 Å². The van der Waals surface area contributed by atoms with Gasteiger partial charge in [0.15, 0.2) is 0 Å². The Balaban J connectivity index is 0.930. The van der Waals surface area contributed by atoms with Gasteiger partial charge in [0.05, 0.1) is 66.9 Å². The largest absolute Gasteiger partial charge is 0.306 e. The lowest BCUT2D eigenvalue weighted by Crippen LogP contribution is -2.04. The summed E-state index contributed by atoms with van der Waals surface area (Å²) in [6.45, 7) is 0. The van der Waals surface area contributed by atoms with Crippen molar-refractivity contribution in [2.45, 2.75) is 0 Å². The fraction of sp³-hybridized carbons (Fsp3) is 0. The number of fused-ring (bicyclic) bond motifs is 12. The molecule has 0 bridgehead atoms. The third kappa shape index (κ3) is 5.36. The lowest BCUT2D eigenvalue weighted by Gasteiger charge is -2.15. The van der Waals surface area contributed by atoms with E-state index in [1.807, 2.05) is 188 Å². The Hall–Kier alpha value is -8.88. The summed E-state index contributed by atoms with van der Waals surface area (Å²) in [6.07, 6.45) is 0. The molecule has 14 rings (SSSR count). The third-order valence-corrected chi connectivity index (χ3v) is 13.8. The molecule has 0 fully saturated rings. The molecule has 4 aromatic heterocycles. The molecule has 0 saturated carbocycles. The summed E-state index contributed by atoms with van der Waals surface area (Å²) in [5.74, 6) is -2.69. The van der Waals surface area contributed by atoms with E-state index in [2.05, 4.69) is 12.1 Å². The highest BCUT2D eigenvalue weighted by Gasteiger charge is 2.24. The highest BCUT2D eigenvalue weighted by Crippen LogP contribution is 2.42.